The summed E-state index contributed by atoms with van der Waals surface area (Å²) in [6.45, 7) is 4.78. The van der Waals surface area contributed by atoms with Crippen LogP contribution in [0.15, 0.2) is 18.2 Å². The summed E-state index contributed by atoms with van der Waals surface area (Å²) in [6, 6.07) is 6.37. The van der Waals surface area contributed by atoms with Gasteiger partial charge in [-0.15, -0.1) is 0 Å². The first-order chi connectivity index (χ1) is 10.2. The lowest BCUT2D eigenvalue weighted by atomic mass is 9.72. The lowest BCUT2D eigenvalue weighted by Gasteiger charge is -2.34. The van der Waals surface area contributed by atoms with Crippen molar-refractivity contribution in [2.24, 2.45) is 0 Å². The van der Waals surface area contributed by atoms with Gasteiger partial charge in [-0.2, -0.15) is 0 Å². The standard InChI is InChI=1S/C18H21NO2/c1-12-8-13-9-15-16(21-11-20-15)10-14(13)17(19-12)18(2)6-4-3-5-7-18/h8-10H,3-7,11H2,1-2H3. The first-order valence-corrected chi connectivity index (χ1v) is 7.87. The number of aryl methyl sites for hydroxylation is 1. The molecule has 1 aliphatic heterocycles. The molecule has 2 aromatic rings. The Hall–Kier alpha value is -1.77. The second kappa shape index (κ2) is 4.62. The van der Waals surface area contributed by atoms with Crippen molar-refractivity contribution < 1.29 is 9.47 Å². The van der Waals surface area contributed by atoms with Gasteiger partial charge in [0.15, 0.2) is 11.5 Å². The van der Waals surface area contributed by atoms with Crippen LogP contribution in [-0.4, -0.2) is 11.8 Å². The van der Waals surface area contributed by atoms with Gasteiger partial charge < -0.3 is 9.47 Å². The molecular formula is C18H21NO2. The van der Waals surface area contributed by atoms with Gasteiger partial charge >= 0.3 is 0 Å². The molecule has 3 nitrogen and oxygen atoms in total. The average molecular weight is 283 g/mol. The van der Waals surface area contributed by atoms with Crippen LogP contribution in [0.1, 0.15) is 50.4 Å². The Balaban J connectivity index is 1.95. The van der Waals surface area contributed by atoms with Crippen LogP contribution in [0.5, 0.6) is 11.5 Å². The number of ether oxygens (including phenoxy) is 2. The predicted molar refractivity (Wildman–Crippen MR) is 83.0 cm³/mol. The zero-order valence-electron chi connectivity index (χ0n) is 12.7. The highest BCUT2D eigenvalue weighted by Crippen LogP contribution is 2.44. The van der Waals surface area contributed by atoms with Crippen molar-refractivity contribution in [3.8, 4) is 11.5 Å². The van der Waals surface area contributed by atoms with E-state index in [1.807, 2.05) is 0 Å². The van der Waals surface area contributed by atoms with Crippen LogP contribution in [0.25, 0.3) is 10.8 Å². The summed E-state index contributed by atoms with van der Waals surface area (Å²) in [6.07, 6.45) is 6.42. The molecule has 1 fully saturated rings. The molecular weight excluding hydrogens is 262 g/mol. The number of fused-ring (bicyclic) bond motifs is 2. The molecule has 110 valence electrons. The van der Waals surface area contributed by atoms with Gasteiger partial charge in [-0.1, -0.05) is 26.2 Å². The number of pyridine rings is 1. The van der Waals surface area contributed by atoms with Gasteiger partial charge in [0, 0.05) is 16.5 Å². The fraction of sp³-hybridized carbons (Fsp3) is 0.500. The second-order valence-electron chi connectivity index (χ2n) is 6.66. The van der Waals surface area contributed by atoms with Crippen molar-refractivity contribution in [3.63, 3.8) is 0 Å². The van der Waals surface area contributed by atoms with Crippen molar-refractivity contribution in [3.05, 3.63) is 29.6 Å². The Morgan fingerprint density at radius 3 is 2.48 bits per heavy atom. The molecule has 0 radical (unpaired) electrons. The van der Waals surface area contributed by atoms with Crippen LogP contribution in [0, 0.1) is 6.92 Å². The van der Waals surface area contributed by atoms with E-state index in [1.165, 1.54) is 48.6 Å². The van der Waals surface area contributed by atoms with E-state index in [-0.39, 0.29) is 5.41 Å². The fourth-order valence-electron chi connectivity index (χ4n) is 3.81. The van der Waals surface area contributed by atoms with E-state index >= 15 is 0 Å². The maximum absolute atomic E-state index is 5.56. The summed E-state index contributed by atoms with van der Waals surface area (Å²) in [5.74, 6) is 1.71. The monoisotopic (exact) mass is 283 g/mol. The van der Waals surface area contributed by atoms with E-state index in [1.54, 1.807) is 0 Å². The van der Waals surface area contributed by atoms with E-state index in [0.29, 0.717) is 6.79 Å². The average Bonchev–Trinajstić information content (AvgIpc) is 2.92. The predicted octanol–water partition coefficient (Wildman–Crippen LogP) is 4.49. The van der Waals surface area contributed by atoms with Crippen LogP contribution >= 0.6 is 0 Å². The molecule has 21 heavy (non-hydrogen) atoms. The van der Waals surface area contributed by atoms with Crippen molar-refractivity contribution in [2.45, 2.75) is 51.4 Å². The molecule has 2 aliphatic rings. The number of benzene rings is 1. The Morgan fingerprint density at radius 1 is 1.00 bits per heavy atom. The highest BCUT2D eigenvalue weighted by atomic mass is 16.7. The molecule has 0 saturated heterocycles. The molecule has 1 aliphatic carbocycles. The molecule has 0 spiro atoms. The highest BCUT2D eigenvalue weighted by molar-refractivity contribution is 5.89. The maximum Gasteiger partial charge on any atom is 0.231 e. The molecule has 4 rings (SSSR count). The fourth-order valence-corrected chi connectivity index (χ4v) is 3.81. The molecule has 1 aromatic carbocycles. The van der Waals surface area contributed by atoms with Crippen LogP contribution in [0.3, 0.4) is 0 Å². The number of hydrogen-bond donors (Lipinski definition) is 0. The summed E-state index contributed by atoms with van der Waals surface area (Å²) >= 11 is 0. The topological polar surface area (TPSA) is 31.4 Å². The van der Waals surface area contributed by atoms with Crippen molar-refractivity contribution in [1.29, 1.82) is 0 Å². The number of rotatable bonds is 1. The van der Waals surface area contributed by atoms with Crippen molar-refractivity contribution >= 4 is 10.8 Å². The Morgan fingerprint density at radius 2 is 1.71 bits per heavy atom. The first kappa shape index (κ1) is 12.9. The third kappa shape index (κ3) is 2.06. The maximum atomic E-state index is 5.56. The minimum absolute atomic E-state index is 0.191. The second-order valence-corrected chi connectivity index (χ2v) is 6.66. The minimum atomic E-state index is 0.191. The zero-order valence-corrected chi connectivity index (χ0v) is 12.7. The van der Waals surface area contributed by atoms with Crippen molar-refractivity contribution in [2.75, 3.05) is 6.79 Å². The number of aromatic nitrogens is 1. The quantitative estimate of drug-likeness (QED) is 0.772. The summed E-state index contributed by atoms with van der Waals surface area (Å²) < 4.78 is 11.1. The zero-order chi connectivity index (χ0) is 14.4. The third-order valence-corrected chi connectivity index (χ3v) is 4.98. The van der Waals surface area contributed by atoms with E-state index in [0.717, 1.165) is 17.2 Å². The molecule has 1 aromatic heterocycles. The van der Waals surface area contributed by atoms with Gasteiger partial charge in [-0.3, -0.25) is 4.98 Å². The van der Waals surface area contributed by atoms with E-state index in [2.05, 4.69) is 32.0 Å². The van der Waals surface area contributed by atoms with E-state index in [4.69, 9.17) is 14.5 Å². The van der Waals surface area contributed by atoms with E-state index in [9.17, 15) is 0 Å². The largest absolute Gasteiger partial charge is 0.454 e. The molecule has 0 unspecified atom stereocenters. The third-order valence-electron chi connectivity index (χ3n) is 4.98. The highest BCUT2D eigenvalue weighted by Gasteiger charge is 2.32. The smallest absolute Gasteiger partial charge is 0.231 e. The van der Waals surface area contributed by atoms with Crippen LogP contribution in [0.4, 0.5) is 0 Å². The molecule has 0 amide bonds. The lowest BCUT2D eigenvalue weighted by molar-refractivity contribution is 0.174. The van der Waals surface area contributed by atoms with Gasteiger partial charge in [-0.25, -0.2) is 0 Å². The van der Waals surface area contributed by atoms with Gasteiger partial charge in [0.2, 0.25) is 6.79 Å². The lowest BCUT2D eigenvalue weighted by Crippen LogP contribution is -2.26. The van der Waals surface area contributed by atoms with Crippen LogP contribution in [-0.2, 0) is 5.41 Å². The number of nitrogens with zero attached hydrogens (tertiary/aromatic N) is 1. The van der Waals surface area contributed by atoms with Gasteiger partial charge in [-0.05, 0) is 43.4 Å². The normalized spacial score (nSPS) is 19.9. The van der Waals surface area contributed by atoms with Crippen LogP contribution in [0.2, 0.25) is 0 Å². The molecule has 2 heterocycles. The summed E-state index contributed by atoms with van der Waals surface area (Å²) in [4.78, 5) is 4.93. The number of hydrogen-bond acceptors (Lipinski definition) is 3. The minimum Gasteiger partial charge on any atom is -0.454 e. The summed E-state index contributed by atoms with van der Waals surface area (Å²) in [7, 11) is 0. The SMILES string of the molecule is Cc1cc2cc3c(cc2c(C2(C)CCCCC2)n1)OCO3. The first-order valence-electron chi connectivity index (χ1n) is 7.87. The van der Waals surface area contributed by atoms with Gasteiger partial charge in [0.1, 0.15) is 0 Å². The Bertz CT molecular complexity index is 702. The van der Waals surface area contributed by atoms with Gasteiger partial charge in [0.25, 0.3) is 0 Å². The van der Waals surface area contributed by atoms with Gasteiger partial charge in [0.05, 0.1) is 5.69 Å². The van der Waals surface area contributed by atoms with Crippen LogP contribution < -0.4 is 9.47 Å². The summed E-state index contributed by atoms with van der Waals surface area (Å²) in [5.41, 5.74) is 2.52. The molecule has 1 saturated carbocycles. The van der Waals surface area contributed by atoms with E-state index < -0.39 is 0 Å². The Kier molecular flexibility index (Phi) is 2.84. The molecule has 0 bridgehead atoms. The molecule has 3 heteroatoms. The Labute approximate surface area is 125 Å². The molecule has 0 atom stereocenters. The molecule has 0 N–H and O–H groups in total. The van der Waals surface area contributed by atoms with Crippen molar-refractivity contribution in [1.82, 2.24) is 4.98 Å². The summed E-state index contributed by atoms with van der Waals surface area (Å²) in [5, 5.41) is 2.45.